The first-order valence-electron chi connectivity index (χ1n) is 12.0. The van der Waals surface area contributed by atoms with Crippen molar-refractivity contribution in [3.8, 4) is 5.75 Å². The third-order valence-electron chi connectivity index (χ3n) is 6.36. The van der Waals surface area contributed by atoms with E-state index in [9.17, 15) is 0 Å². The monoisotopic (exact) mass is 445 g/mol. The largest absolute Gasteiger partial charge is 0.494 e. The number of aryl methyl sites for hydroxylation is 1. The highest BCUT2D eigenvalue weighted by Gasteiger charge is 2.21. The summed E-state index contributed by atoms with van der Waals surface area (Å²) >= 11 is 0. The van der Waals surface area contributed by atoms with Gasteiger partial charge in [-0.1, -0.05) is 13.8 Å². The predicted octanol–water partition coefficient (Wildman–Crippen LogP) is 5.90. The van der Waals surface area contributed by atoms with Crippen LogP contribution < -0.4 is 15.0 Å². The highest BCUT2D eigenvalue weighted by Crippen LogP contribution is 2.33. The van der Waals surface area contributed by atoms with Crippen molar-refractivity contribution >= 4 is 17.5 Å². The predicted molar refractivity (Wildman–Crippen MR) is 135 cm³/mol. The zero-order chi connectivity index (χ0) is 23.2. The Morgan fingerprint density at radius 2 is 1.85 bits per heavy atom. The lowest BCUT2D eigenvalue weighted by atomic mass is 9.90. The van der Waals surface area contributed by atoms with E-state index in [1.807, 2.05) is 31.6 Å². The summed E-state index contributed by atoms with van der Waals surface area (Å²) in [5.74, 6) is 3.66. The summed E-state index contributed by atoms with van der Waals surface area (Å²) in [4.78, 5) is 15.8. The molecule has 1 aliphatic heterocycles. The van der Waals surface area contributed by atoms with Gasteiger partial charge < -0.3 is 15.0 Å². The molecule has 174 valence electrons. The Kier molecular flexibility index (Phi) is 7.43. The van der Waals surface area contributed by atoms with Gasteiger partial charge in [-0.25, -0.2) is 4.98 Å². The van der Waals surface area contributed by atoms with E-state index < -0.39 is 0 Å². The molecule has 0 unspecified atom stereocenters. The minimum atomic E-state index is 0.377. The van der Waals surface area contributed by atoms with Crippen LogP contribution in [-0.2, 0) is 6.42 Å². The molecule has 0 bridgehead atoms. The normalized spacial score (nSPS) is 14.5. The summed E-state index contributed by atoms with van der Waals surface area (Å²) in [6.45, 7) is 11.1. The maximum absolute atomic E-state index is 5.87. The fraction of sp³-hybridized carbons (Fsp3) is 0.444. The van der Waals surface area contributed by atoms with Gasteiger partial charge in [0.25, 0.3) is 0 Å². The van der Waals surface area contributed by atoms with Crippen LogP contribution in [0.25, 0.3) is 0 Å². The van der Waals surface area contributed by atoms with Crippen LogP contribution in [0.2, 0.25) is 0 Å². The van der Waals surface area contributed by atoms with Gasteiger partial charge in [-0.05, 0) is 92.0 Å². The number of rotatable bonds is 8. The molecule has 0 atom stereocenters. The number of anilines is 3. The molecule has 0 radical (unpaired) electrons. The molecule has 6 nitrogen and oxygen atoms in total. The number of aromatic nitrogens is 3. The van der Waals surface area contributed by atoms with E-state index in [1.54, 1.807) is 0 Å². The van der Waals surface area contributed by atoms with Crippen LogP contribution in [0.5, 0.6) is 5.75 Å². The van der Waals surface area contributed by atoms with Crippen molar-refractivity contribution in [2.24, 2.45) is 5.92 Å². The summed E-state index contributed by atoms with van der Waals surface area (Å²) in [5, 5.41) is 3.52. The van der Waals surface area contributed by atoms with E-state index in [0.29, 0.717) is 18.4 Å². The van der Waals surface area contributed by atoms with Gasteiger partial charge in [-0.15, -0.1) is 0 Å². The maximum atomic E-state index is 5.87. The van der Waals surface area contributed by atoms with E-state index in [4.69, 9.17) is 9.72 Å². The number of benzene rings is 1. The molecular weight excluding hydrogens is 410 g/mol. The summed E-state index contributed by atoms with van der Waals surface area (Å²) in [7, 11) is 0. The Bertz CT molecular complexity index is 1050. The first kappa shape index (κ1) is 23.0. The van der Waals surface area contributed by atoms with Crippen LogP contribution >= 0.6 is 0 Å². The molecule has 1 N–H and O–H groups in total. The van der Waals surface area contributed by atoms with Gasteiger partial charge in [0.2, 0.25) is 5.95 Å². The number of nitrogens with zero attached hydrogens (tertiary/aromatic N) is 4. The van der Waals surface area contributed by atoms with E-state index in [2.05, 4.69) is 65.2 Å². The molecule has 0 amide bonds. The van der Waals surface area contributed by atoms with Crippen LogP contribution in [0.1, 0.15) is 56.2 Å². The first-order chi connectivity index (χ1) is 16.0. The fourth-order valence-corrected chi connectivity index (χ4v) is 4.46. The van der Waals surface area contributed by atoms with Crippen LogP contribution in [0.4, 0.5) is 17.5 Å². The molecule has 3 aromatic rings. The lowest BCUT2D eigenvalue weighted by molar-refractivity contribution is 0.335. The van der Waals surface area contributed by atoms with Crippen LogP contribution in [0.15, 0.2) is 48.9 Å². The molecule has 0 saturated carbocycles. The first-order valence-corrected chi connectivity index (χ1v) is 12.0. The molecule has 1 aromatic carbocycles. The van der Waals surface area contributed by atoms with Crippen LogP contribution in [-0.4, -0.2) is 34.6 Å². The summed E-state index contributed by atoms with van der Waals surface area (Å²) in [5.41, 5.74) is 4.77. The highest BCUT2D eigenvalue weighted by atomic mass is 16.5. The zero-order valence-corrected chi connectivity index (χ0v) is 20.2. The van der Waals surface area contributed by atoms with Gasteiger partial charge in [-0.2, -0.15) is 4.98 Å². The number of hydrogen-bond acceptors (Lipinski definition) is 6. The van der Waals surface area contributed by atoms with Gasteiger partial charge in [0.15, 0.2) is 0 Å². The molecule has 0 spiro atoms. The average Bonchev–Trinajstić information content (AvgIpc) is 2.82. The molecule has 2 aromatic heterocycles. The van der Waals surface area contributed by atoms with Gasteiger partial charge in [0.1, 0.15) is 11.6 Å². The van der Waals surface area contributed by atoms with E-state index in [1.165, 1.54) is 11.1 Å². The van der Waals surface area contributed by atoms with Gasteiger partial charge in [-0.3, -0.25) is 4.98 Å². The molecule has 6 heteroatoms. The number of nitrogens with one attached hydrogen (secondary N) is 1. The molecule has 4 rings (SSSR count). The summed E-state index contributed by atoms with van der Waals surface area (Å²) in [6, 6.07) is 10.5. The van der Waals surface area contributed by atoms with E-state index in [-0.39, 0.29) is 0 Å². The Morgan fingerprint density at radius 1 is 1.09 bits per heavy atom. The SMILES string of the molecule is CCOc1cc(C)c(Nc2ccnc(N3CCC(Cc4ccncc4)CC3)n2)cc1C(C)C. The molecule has 1 aliphatic rings. The lowest BCUT2D eigenvalue weighted by Crippen LogP contribution is -2.35. The van der Waals surface area contributed by atoms with Crippen LogP contribution in [0, 0.1) is 12.8 Å². The topological polar surface area (TPSA) is 63.2 Å². The lowest BCUT2D eigenvalue weighted by Gasteiger charge is -2.32. The fourth-order valence-electron chi connectivity index (χ4n) is 4.46. The maximum Gasteiger partial charge on any atom is 0.227 e. The van der Waals surface area contributed by atoms with Crippen molar-refractivity contribution in [1.29, 1.82) is 0 Å². The molecule has 1 fully saturated rings. The molecule has 33 heavy (non-hydrogen) atoms. The van der Waals surface area contributed by atoms with Crippen molar-refractivity contribution in [1.82, 2.24) is 15.0 Å². The van der Waals surface area contributed by atoms with E-state index in [0.717, 1.165) is 61.1 Å². The van der Waals surface area contributed by atoms with Crippen molar-refractivity contribution < 1.29 is 4.74 Å². The third kappa shape index (κ3) is 5.81. The third-order valence-corrected chi connectivity index (χ3v) is 6.36. The summed E-state index contributed by atoms with van der Waals surface area (Å²) in [6.07, 6.45) is 9.03. The Hall–Kier alpha value is -3.15. The van der Waals surface area contributed by atoms with Crippen molar-refractivity contribution in [3.63, 3.8) is 0 Å². The second-order valence-electron chi connectivity index (χ2n) is 9.15. The highest BCUT2D eigenvalue weighted by molar-refractivity contribution is 5.64. The number of ether oxygens (including phenoxy) is 1. The summed E-state index contributed by atoms with van der Waals surface area (Å²) < 4.78 is 5.87. The molecular formula is C27H35N5O. The quantitative estimate of drug-likeness (QED) is 0.465. The van der Waals surface area contributed by atoms with E-state index >= 15 is 0 Å². The average molecular weight is 446 g/mol. The number of piperidine rings is 1. The van der Waals surface area contributed by atoms with Crippen LogP contribution in [0.3, 0.4) is 0 Å². The van der Waals surface area contributed by atoms with Gasteiger partial charge in [0.05, 0.1) is 6.61 Å². The molecule has 1 saturated heterocycles. The second-order valence-corrected chi connectivity index (χ2v) is 9.15. The Balaban J connectivity index is 1.43. The minimum Gasteiger partial charge on any atom is -0.494 e. The van der Waals surface area contributed by atoms with Crippen molar-refractivity contribution in [2.45, 2.75) is 52.9 Å². The van der Waals surface area contributed by atoms with Crippen molar-refractivity contribution in [3.05, 3.63) is 65.6 Å². The molecule has 3 heterocycles. The Morgan fingerprint density at radius 3 is 2.55 bits per heavy atom. The van der Waals surface area contributed by atoms with Gasteiger partial charge in [0, 0.05) is 37.4 Å². The minimum absolute atomic E-state index is 0.377. The zero-order valence-electron chi connectivity index (χ0n) is 20.2. The smallest absolute Gasteiger partial charge is 0.227 e. The standard InChI is InChI=1S/C27H35N5O/c1-5-33-25-16-20(4)24(18-23(25)19(2)3)30-26-8-13-29-27(31-26)32-14-9-22(10-15-32)17-21-6-11-28-12-7-21/h6-8,11-13,16,18-19,22H,5,9-10,14-15,17H2,1-4H3,(H,29,30,31). The number of pyridine rings is 1. The van der Waals surface area contributed by atoms with Crippen molar-refractivity contribution in [2.75, 3.05) is 29.9 Å². The second kappa shape index (κ2) is 10.6. The van der Waals surface area contributed by atoms with Gasteiger partial charge >= 0.3 is 0 Å². The number of hydrogen-bond donors (Lipinski definition) is 1. The molecule has 0 aliphatic carbocycles. The Labute approximate surface area is 197 Å².